The van der Waals surface area contributed by atoms with Crippen molar-refractivity contribution in [3.05, 3.63) is 17.5 Å². The van der Waals surface area contributed by atoms with Gasteiger partial charge < -0.3 is 20.4 Å². The first kappa shape index (κ1) is 18.1. The lowest BCUT2D eigenvalue weighted by molar-refractivity contribution is -0.141. The number of Topliss-reactive ketones (excluding diaryl/α,β-unsaturated/α-hetero) is 1. The summed E-state index contributed by atoms with van der Waals surface area (Å²) in [6.45, 7) is 4.05. The van der Waals surface area contributed by atoms with Crippen molar-refractivity contribution in [3.63, 3.8) is 0 Å². The predicted octanol–water partition coefficient (Wildman–Crippen LogP) is 0.808. The van der Waals surface area contributed by atoms with E-state index in [0.29, 0.717) is 18.9 Å². The van der Waals surface area contributed by atoms with E-state index < -0.39 is 29.7 Å². The number of thiophene rings is 1. The molecule has 1 aliphatic rings. The molecule has 0 bridgehead atoms. The zero-order valence-electron chi connectivity index (χ0n) is 14.3. The summed E-state index contributed by atoms with van der Waals surface area (Å²) in [6, 6.07) is 2.34. The fraction of sp³-hybridized carbons (Fsp3) is 0.438. The second kappa shape index (κ2) is 7.65. The van der Waals surface area contributed by atoms with Crippen molar-refractivity contribution in [1.82, 2.24) is 20.8 Å². The first-order chi connectivity index (χ1) is 12.5. The van der Waals surface area contributed by atoms with Crippen LogP contribution in [0.3, 0.4) is 0 Å². The van der Waals surface area contributed by atoms with Gasteiger partial charge in [-0.25, -0.2) is 0 Å². The highest BCUT2D eigenvalue weighted by molar-refractivity contribution is 7.13. The lowest BCUT2D eigenvalue weighted by atomic mass is 10.0. The van der Waals surface area contributed by atoms with Gasteiger partial charge in [-0.3, -0.25) is 14.4 Å². The number of hydrogen-bond donors (Lipinski definition) is 3. The van der Waals surface area contributed by atoms with Gasteiger partial charge in [-0.1, -0.05) is 25.0 Å². The summed E-state index contributed by atoms with van der Waals surface area (Å²) in [5.74, 6) is -1.45. The van der Waals surface area contributed by atoms with E-state index >= 15 is 0 Å². The van der Waals surface area contributed by atoms with Gasteiger partial charge in [0.05, 0.1) is 10.9 Å². The third-order valence-electron chi connectivity index (χ3n) is 3.96. The molecule has 10 heteroatoms. The Kier molecular flexibility index (Phi) is 5.31. The molecule has 2 unspecified atom stereocenters. The highest BCUT2D eigenvalue weighted by Gasteiger charge is 2.33. The largest absolute Gasteiger partial charge is 0.402 e. The van der Waals surface area contributed by atoms with E-state index in [0.717, 1.165) is 4.88 Å². The van der Waals surface area contributed by atoms with Crippen molar-refractivity contribution >= 4 is 34.9 Å². The molecule has 2 aromatic heterocycles. The second-order valence-electron chi connectivity index (χ2n) is 6.23. The molecule has 26 heavy (non-hydrogen) atoms. The third-order valence-corrected chi connectivity index (χ3v) is 4.82. The van der Waals surface area contributed by atoms with E-state index in [9.17, 15) is 14.4 Å². The molecule has 9 nitrogen and oxygen atoms in total. The normalized spacial score (nSPS) is 18.5. The van der Waals surface area contributed by atoms with Crippen molar-refractivity contribution in [2.45, 2.75) is 32.4 Å². The number of nitrogens with one attached hydrogen (secondary N) is 3. The first-order valence-corrected chi connectivity index (χ1v) is 9.10. The third kappa shape index (κ3) is 3.90. The van der Waals surface area contributed by atoms with Crippen LogP contribution in [0.15, 0.2) is 21.9 Å². The molecule has 1 fully saturated rings. The quantitative estimate of drug-likeness (QED) is 0.636. The van der Waals surface area contributed by atoms with E-state index in [1.807, 2.05) is 31.4 Å². The van der Waals surface area contributed by atoms with Crippen LogP contribution in [0, 0.1) is 5.92 Å². The molecule has 2 amide bonds. The molecule has 3 N–H and O–H groups in total. The van der Waals surface area contributed by atoms with Gasteiger partial charge >= 0.3 is 6.01 Å². The van der Waals surface area contributed by atoms with E-state index in [2.05, 4.69) is 26.1 Å². The average molecular weight is 377 g/mol. The summed E-state index contributed by atoms with van der Waals surface area (Å²) in [5.41, 5.74) is 0. The van der Waals surface area contributed by atoms with Gasteiger partial charge in [0.1, 0.15) is 6.04 Å². The summed E-state index contributed by atoms with van der Waals surface area (Å²) >= 11 is 1.47. The van der Waals surface area contributed by atoms with Crippen molar-refractivity contribution in [3.8, 4) is 10.8 Å². The summed E-state index contributed by atoms with van der Waals surface area (Å²) in [7, 11) is 0. The van der Waals surface area contributed by atoms with Gasteiger partial charge in [-0.05, 0) is 23.8 Å². The number of aromatic nitrogens is 2. The van der Waals surface area contributed by atoms with E-state index in [4.69, 9.17) is 4.42 Å². The van der Waals surface area contributed by atoms with Gasteiger partial charge in [-0.15, -0.1) is 16.4 Å². The highest BCUT2D eigenvalue weighted by atomic mass is 32.1. The maximum Gasteiger partial charge on any atom is 0.316 e. The molecule has 1 aliphatic heterocycles. The maximum atomic E-state index is 12.6. The molecule has 1 saturated heterocycles. The summed E-state index contributed by atoms with van der Waals surface area (Å²) in [5, 5.41) is 17.8. The molecule has 0 saturated carbocycles. The van der Waals surface area contributed by atoms with Crippen molar-refractivity contribution in [1.29, 1.82) is 0 Å². The lowest BCUT2D eigenvalue weighted by Crippen LogP contribution is -2.56. The topological polar surface area (TPSA) is 126 Å². The first-order valence-electron chi connectivity index (χ1n) is 8.22. The molecule has 0 aliphatic carbocycles. The monoisotopic (exact) mass is 377 g/mol. The van der Waals surface area contributed by atoms with Gasteiger partial charge in [0.2, 0.25) is 11.7 Å². The van der Waals surface area contributed by atoms with Crippen LogP contribution in [-0.2, 0) is 14.4 Å². The number of ketones is 1. The number of nitrogens with zero attached hydrogens (tertiary/aromatic N) is 2. The molecule has 2 atom stereocenters. The zero-order valence-corrected chi connectivity index (χ0v) is 15.1. The van der Waals surface area contributed by atoms with E-state index in [1.165, 1.54) is 11.3 Å². The standard InChI is InChI=1S/C16H19N5O4S/c1-8(2)11(13(23)18-9-5-6-17-14(24)12(9)22)19-16-21-20-15(25-16)10-4-3-7-26-10/h3-4,7-9,11H,5-6H2,1-2H3,(H,17,24)(H,18,23)(H,19,21). The van der Waals surface area contributed by atoms with Crippen LogP contribution in [0.25, 0.3) is 10.8 Å². The van der Waals surface area contributed by atoms with Crippen LogP contribution in [0.2, 0.25) is 0 Å². The van der Waals surface area contributed by atoms with Crippen LogP contribution in [0.1, 0.15) is 20.3 Å². The average Bonchev–Trinajstić information content (AvgIpc) is 3.27. The molecule has 138 valence electrons. The Labute approximate surface area is 153 Å². The second-order valence-corrected chi connectivity index (χ2v) is 7.17. The van der Waals surface area contributed by atoms with Gasteiger partial charge in [0.15, 0.2) is 0 Å². The van der Waals surface area contributed by atoms with Gasteiger partial charge in [0.25, 0.3) is 11.8 Å². The number of hydrogen-bond acceptors (Lipinski definition) is 8. The van der Waals surface area contributed by atoms with Crippen LogP contribution in [0.4, 0.5) is 6.01 Å². The minimum absolute atomic E-state index is 0.111. The molecule has 2 aromatic rings. The Morgan fingerprint density at radius 3 is 2.88 bits per heavy atom. The molecular weight excluding hydrogens is 358 g/mol. The maximum absolute atomic E-state index is 12.6. The number of carbonyl (C=O) groups excluding carboxylic acids is 3. The van der Waals surface area contributed by atoms with Crippen molar-refractivity contribution in [2.75, 3.05) is 11.9 Å². The number of anilines is 1. The van der Waals surface area contributed by atoms with Gasteiger partial charge in [0, 0.05) is 6.54 Å². The lowest BCUT2D eigenvalue weighted by Gasteiger charge is -2.26. The molecule has 3 rings (SSSR count). The molecule has 0 radical (unpaired) electrons. The fourth-order valence-electron chi connectivity index (χ4n) is 2.56. The smallest absolute Gasteiger partial charge is 0.316 e. The summed E-state index contributed by atoms with van der Waals surface area (Å²) in [4.78, 5) is 36.7. The number of piperidine rings is 1. The van der Waals surface area contributed by atoms with Crippen LogP contribution in [-0.4, -0.2) is 46.4 Å². The Bertz CT molecular complexity index is 801. The SMILES string of the molecule is CC(C)C(Nc1nnc(-c2cccs2)o1)C(=O)NC1CCNC(=O)C1=O. The Morgan fingerprint density at radius 2 is 2.19 bits per heavy atom. The van der Waals surface area contributed by atoms with Crippen LogP contribution in [0.5, 0.6) is 0 Å². The fourth-order valence-corrected chi connectivity index (χ4v) is 3.20. The molecule has 0 aromatic carbocycles. The highest BCUT2D eigenvalue weighted by Crippen LogP contribution is 2.25. The Balaban J connectivity index is 1.68. The van der Waals surface area contributed by atoms with Crippen LogP contribution >= 0.6 is 11.3 Å². The Morgan fingerprint density at radius 1 is 1.38 bits per heavy atom. The number of amides is 2. The molecule has 3 heterocycles. The molecule has 0 spiro atoms. The van der Waals surface area contributed by atoms with Crippen molar-refractivity contribution < 1.29 is 18.8 Å². The zero-order chi connectivity index (χ0) is 18.7. The minimum atomic E-state index is -0.816. The number of carbonyl (C=O) groups is 3. The van der Waals surface area contributed by atoms with E-state index in [1.54, 1.807) is 0 Å². The number of rotatable bonds is 6. The minimum Gasteiger partial charge on any atom is -0.402 e. The summed E-state index contributed by atoms with van der Waals surface area (Å²) < 4.78 is 5.55. The van der Waals surface area contributed by atoms with Crippen LogP contribution < -0.4 is 16.0 Å². The Hall–Kier alpha value is -2.75. The molecular formula is C16H19N5O4S. The van der Waals surface area contributed by atoms with E-state index in [-0.39, 0.29) is 11.9 Å². The predicted molar refractivity (Wildman–Crippen MR) is 94.4 cm³/mol. The van der Waals surface area contributed by atoms with Crippen molar-refractivity contribution in [2.24, 2.45) is 5.92 Å². The van der Waals surface area contributed by atoms with Gasteiger partial charge in [-0.2, -0.15) is 0 Å². The summed E-state index contributed by atoms with van der Waals surface area (Å²) in [6.07, 6.45) is 0.365.